The Bertz CT molecular complexity index is 409. The first kappa shape index (κ1) is 13.4. The van der Waals surface area contributed by atoms with Crippen LogP contribution in [0.15, 0.2) is 60.3 Å². The topological polar surface area (TPSA) is 37.3 Å². The van der Waals surface area contributed by atoms with Gasteiger partial charge in [-0.1, -0.05) is 49.1 Å². The third kappa shape index (κ3) is 3.68. The lowest BCUT2D eigenvalue weighted by Crippen LogP contribution is -2.23. The molecule has 1 aliphatic rings. The molecule has 2 nitrogen and oxygen atoms in total. The van der Waals surface area contributed by atoms with Crippen LogP contribution in [0.2, 0.25) is 0 Å². The van der Waals surface area contributed by atoms with Crippen LogP contribution in [-0.4, -0.2) is 17.0 Å². The molecule has 0 fully saturated rings. The van der Waals surface area contributed by atoms with E-state index in [1.165, 1.54) is 6.08 Å². The van der Waals surface area contributed by atoms with Gasteiger partial charge in [-0.2, -0.15) is 0 Å². The van der Waals surface area contributed by atoms with Crippen LogP contribution in [0.3, 0.4) is 0 Å². The monoisotopic (exact) mass is 230 g/mol. The molecule has 1 aliphatic carbocycles. The molecular weight excluding hydrogens is 212 g/mol. The maximum atomic E-state index is 12.0. The summed E-state index contributed by atoms with van der Waals surface area (Å²) in [6, 6.07) is 0. The molecule has 0 saturated heterocycles. The summed E-state index contributed by atoms with van der Waals surface area (Å²) in [6.45, 7) is 5.46. The first-order valence-electron chi connectivity index (χ1n) is 5.75. The van der Waals surface area contributed by atoms with Crippen molar-refractivity contribution in [3.8, 4) is 0 Å². The molecule has 90 valence electrons. The van der Waals surface area contributed by atoms with Crippen LogP contribution in [0.1, 0.15) is 19.8 Å². The Morgan fingerprint density at radius 2 is 2.29 bits per heavy atom. The second kappa shape index (κ2) is 6.81. The van der Waals surface area contributed by atoms with Gasteiger partial charge in [0.15, 0.2) is 5.78 Å². The van der Waals surface area contributed by atoms with Crippen molar-refractivity contribution in [3.05, 3.63) is 60.3 Å². The zero-order chi connectivity index (χ0) is 12.7. The number of carbonyl (C=O) groups excluding carboxylic acids is 1. The van der Waals surface area contributed by atoms with Crippen molar-refractivity contribution in [2.45, 2.75) is 25.9 Å². The Labute approximate surface area is 102 Å². The number of aliphatic hydroxyl groups is 1. The molecule has 0 aromatic heterocycles. The van der Waals surface area contributed by atoms with E-state index in [-0.39, 0.29) is 5.78 Å². The zero-order valence-electron chi connectivity index (χ0n) is 10.1. The highest BCUT2D eigenvalue weighted by Crippen LogP contribution is 2.16. The third-order valence-corrected chi connectivity index (χ3v) is 2.56. The maximum absolute atomic E-state index is 12.0. The molecule has 0 heterocycles. The van der Waals surface area contributed by atoms with Gasteiger partial charge in [-0.3, -0.25) is 4.79 Å². The average molecular weight is 230 g/mol. The first-order chi connectivity index (χ1) is 8.20. The summed E-state index contributed by atoms with van der Waals surface area (Å²) in [7, 11) is 0. The summed E-state index contributed by atoms with van der Waals surface area (Å²) in [4.78, 5) is 12.0. The van der Waals surface area contributed by atoms with Gasteiger partial charge in [0.05, 0.1) is 0 Å². The number of carbonyl (C=O) groups is 1. The number of aliphatic hydroxyl groups excluding tert-OH is 1. The van der Waals surface area contributed by atoms with E-state index in [2.05, 4.69) is 6.58 Å². The fourth-order valence-corrected chi connectivity index (χ4v) is 1.60. The quantitative estimate of drug-likeness (QED) is 0.582. The van der Waals surface area contributed by atoms with E-state index in [1.807, 2.05) is 31.2 Å². The summed E-state index contributed by atoms with van der Waals surface area (Å²) >= 11 is 0. The lowest BCUT2D eigenvalue weighted by molar-refractivity contribution is -0.121. The van der Waals surface area contributed by atoms with Gasteiger partial charge in [0.25, 0.3) is 0 Å². The lowest BCUT2D eigenvalue weighted by Gasteiger charge is -2.13. The molecular formula is C15H18O2. The Morgan fingerprint density at radius 3 is 2.82 bits per heavy atom. The summed E-state index contributed by atoms with van der Waals surface area (Å²) in [5, 5.41) is 9.96. The highest BCUT2D eigenvalue weighted by molar-refractivity contribution is 6.03. The Kier molecular flexibility index (Phi) is 5.37. The molecule has 0 amide bonds. The van der Waals surface area contributed by atoms with Crippen LogP contribution in [0, 0.1) is 0 Å². The van der Waals surface area contributed by atoms with E-state index < -0.39 is 6.10 Å². The average Bonchev–Trinajstić information content (AvgIpc) is 2.39. The minimum atomic E-state index is -1.08. The molecule has 0 aromatic rings. The smallest absolute Gasteiger partial charge is 0.195 e. The summed E-state index contributed by atoms with van der Waals surface area (Å²) in [5.41, 5.74) is 1.10. The minimum Gasteiger partial charge on any atom is -0.380 e. The van der Waals surface area contributed by atoms with Crippen LogP contribution >= 0.6 is 0 Å². The van der Waals surface area contributed by atoms with Crippen LogP contribution in [-0.2, 0) is 4.79 Å². The van der Waals surface area contributed by atoms with Crippen LogP contribution < -0.4 is 0 Å². The molecule has 1 N–H and O–H groups in total. The van der Waals surface area contributed by atoms with Crippen molar-refractivity contribution >= 4 is 5.78 Å². The molecule has 1 unspecified atom stereocenters. The Hall–Kier alpha value is -1.67. The van der Waals surface area contributed by atoms with Crippen molar-refractivity contribution in [1.82, 2.24) is 0 Å². The number of allylic oxidation sites excluding steroid dienone is 6. The van der Waals surface area contributed by atoms with E-state index in [1.54, 1.807) is 12.2 Å². The summed E-state index contributed by atoms with van der Waals surface area (Å²) in [5.74, 6) is -0.309. The molecule has 0 aliphatic heterocycles. The van der Waals surface area contributed by atoms with E-state index >= 15 is 0 Å². The van der Waals surface area contributed by atoms with Gasteiger partial charge in [-0.15, -0.1) is 0 Å². The van der Waals surface area contributed by atoms with Crippen molar-refractivity contribution in [1.29, 1.82) is 0 Å². The standard InChI is InChI=1S/C15H18O2/c1-3-5-9-12(4-2)14(16)15(17)13-10-7-6-8-11-13/h3-5,7,9-11,15,17H,2,6,8H2,1H3/b5-3-,12-9+. The molecule has 2 heteroatoms. The predicted molar refractivity (Wildman–Crippen MR) is 70.6 cm³/mol. The van der Waals surface area contributed by atoms with Crippen molar-refractivity contribution in [2.24, 2.45) is 0 Å². The SMILES string of the molecule is C=C/C(=C\C=C/C)C(=O)C(O)C1=CCCC=C1. The molecule has 0 aromatic carbocycles. The zero-order valence-corrected chi connectivity index (χ0v) is 10.1. The number of hydrogen-bond acceptors (Lipinski definition) is 2. The van der Waals surface area contributed by atoms with E-state index in [4.69, 9.17) is 0 Å². The van der Waals surface area contributed by atoms with Gasteiger partial charge in [0, 0.05) is 5.57 Å². The predicted octanol–water partition coefficient (Wildman–Crippen LogP) is 2.88. The van der Waals surface area contributed by atoms with Gasteiger partial charge in [-0.25, -0.2) is 0 Å². The molecule has 0 bridgehead atoms. The number of Topliss-reactive ketones (excluding diaryl/α,β-unsaturated/α-hetero) is 1. The normalized spacial score (nSPS) is 18.0. The number of hydrogen-bond donors (Lipinski definition) is 1. The first-order valence-corrected chi connectivity index (χ1v) is 5.75. The van der Waals surface area contributed by atoms with E-state index in [0.29, 0.717) is 11.1 Å². The Morgan fingerprint density at radius 1 is 1.53 bits per heavy atom. The van der Waals surface area contributed by atoms with E-state index in [0.717, 1.165) is 12.8 Å². The van der Waals surface area contributed by atoms with Gasteiger partial charge in [0.1, 0.15) is 6.10 Å². The molecule has 1 atom stereocenters. The molecule has 1 rings (SSSR count). The molecule has 0 saturated carbocycles. The van der Waals surface area contributed by atoms with E-state index in [9.17, 15) is 9.90 Å². The van der Waals surface area contributed by atoms with Crippen LogP contribution in [0.25, 0.3) is 0 Å². The lowest BCUT2D eigenvalue weighted by atomic mass is 9.95. The highest BCUT2D eigenvalue weighted by atomic mass is 16.3. The van der Waals surface area contributed by atoms with Gasteiger partial charge < -0.3 is 5.11 Å². The van der Waals surface area contributed by atoms with Crippen molar-refractivity contribution in [2.75, 3.05) is 0 Å². The summed E-state index contributed by atoms with van der Waals surface area (Å²) in [6.07, 6.45) is 13.1. The molecule has 17 heavy (non-hydrogen) atoms. The molecule has 0 radical (unpaired) electrons. The largest absolute Gasteiger partial charge is 0.380 e. The number of rotatable bonds is 5. The van der Waals surface area contributed by atoms with Crippen molar-refractivity contribution < 1.29 is 9.90 Å². The Balaban J connectivity index is 2.84. The maximum Gasteiger partial charge on any atom is 0.195 e. The summed E-state index contributed by atoms with van der Waals surface area (Å²) < 4.78 is 0. The highest BCUT2D eigenvalue weighted by Gasteiger charge is 2.20. The number of ketones is 1. The fourth-order valence-electron chi connectivity index (χ4n) is 1.60. The van der Waals surface area contributed by atoms with Crippen molar-refractivity contribution in [3.63, 3.8) is 0 Å². The van der Waals surface area contributed by atoms with Crippen LogP contribution in [0.5, 0.6) is 0 Å². The second-order valence-electron chi connectivity index (χ2n) is 3.80. The molecule has 0 spiro atoms. The van der Waals surface area contributed by atoms with Gasteiger partial charge in [-0.05, 0) is 25.3 Å². The second-order valence-corrected chi connectivity index (χ2v) is 3.80. The van der Waals surface area contributed by atoms with Gasteiger partial charge >= 0.3 is 0 Å². The minimum absolute atomic E-state index is 0.309. The van der Waals surface area contributed by atoms with Crippen LogP contribution in [0.4, 0.5) is 0 Å². The fraction of sp³-hybridized carbons (Fsp3) is 0.267. The third-order valence-electron chi connectivity index (χ3n) is 2.56. The van der Waals surface area contributed by atoms with Gasteiger partial charge in [0.2, 0.25) is 0 Å².